The second-order valence-electron chi connectivity index (χ2n) is 5.11. The zero-order chi connectivity index (χ0) is 15.2. The van der Waals surface area contributed by atoms with E-state index in [0.29, 0.717) is 23.2 Å². The molecule has 0 fully saturated rings. The minimum Gasteiger partial charge on any atom is -0.454 e. The molecule has 0 saturated carbocycles. The summed E-state index contributed by atoms with van der Waals surface area (Å²) in [5, 5.41) is 12.2. The van der Waals surface area contributed by atoms with Gasteiger partial charge in [-0.3, -0.25) is 5.10 Å². The number of nitrogens with zero attached hydrogens (tertiary/aromatic N) is 3. The number of aromatic amines is 1. The highest BCUT2D eigenvalue weighted by Gasteiger charge is 2.19. The highest BCUT2D eigenvalue weighted by molar-refractivity contribution is 5.90. The number of ether oxygens (including phenoxy) is 2. The molecule has 3 heterocycles. The van der Waals surface area contributed by atoms with Crippen molar-refractivity contribution in [2.24, 2.45) is 0 Å². The van der Waals surface area contributed by atoms with Crippen molar-refractivity contribution in [1.29, 1.82) is 0 Å². The predicted octanol–water partition coefficient (Wildman–Crippen LogP) is 3.01. The molecule has 112 valence electrons. The van der Waals surface area contributed by atoms with E-state index in [4.69, 9.17) is 14.0 Å². The van der Waals surface area contributed by atoms with Crippen LogP contribution in [-0.4, -0.2) is 27.1 Å². The third-order valence-electron chi connectivity index (χ3n) is 3.73. The van der Waals surface area contributed by atoms with E-state index < -0.39 is 0 Å². The van der Waals surface area contributed by atoms with Crippen LogP contribution >= 0.6 is 0 Å². The first-order chi connectivity index (χ1) is 11.4. The smallest absolute Gasteiger partial charge is 0.279 e. The van der Waals surface area contributed by atoms with Gasteiger partial charge < -0.3 is 14.0 Å². The molecule has 1 aliphatic heterocycles. The van der Waals surface area contributed by atoms with Crippen LogP contribution < -0.4 is 9.47 Å². The van der Waals surface area contributed by atoms with Crippen LogP contribution in [0.2, 0.25) is 0 Å². The minimum absolute atomic E-state index is 0.232. The Bertz CT molecular complexity index is 1020. The lowest BCUT2D eigenvalue weighted by Gasteiger charge is -1.97. The average molecular weight is 306 g/mol. The zero-order valence-corrected chi connectivity index (χ0v) is 11.8. The van der Waals surface area contributed by atoms with Crippen LogP contribution in [0.1, 0.15) is 0 Å². The number of fused-ring (bicyclic) bond motifs is 2. The van der Waals surface area contributed by atoms with Crippen molar-refractivity contribution in [2.45, 2.75) is 0 Å². The van der Waals surface area contributed by atoms with E-state index in [-0.39, 0.29) is 6.79 Å². The van der Waals surface area contributed by atoms with Gasteiger partial charge in [-0.1, -0.05) is 23.4 Å². The van der Waals surface area contributed by atoms with E-state index in [1.807, 2.05) is 42.5 Å². The van der Waals surface area contributed by atoms with Gasteiger partial charge in [0.2, 0.25) is 12.6 Å². The summed E-state index contributed by atoms with van der Waals surface area (Å²) < 4.78 is 16.0. The van der Waals surface area contributed by atoms with Gasteiger partial charge in [-0.05, 0) is 24.3 Å². The molecule has 23 heavy (non-hydrogen) atoms. The fourth-order valence-electron chi connectivity index (χ4n) is 2.60. The Morgan fingerprint density at radius 2 is 1.91 bits per heavy atom. The van der Waals surface area contributed by atoms with E-state index in [2.05, 4.69) is 20.3 Å². The Morgan fingerprint density at radius 3 is 2.91 bits per heavy atom. The monoisotopic (exact) mass is 306 g/mol. The number of nitrogens with one attached hydrogen (secondary N) is 1. The van der Waals surface area contributed by atoms with Gasteiger partial charge in [0, 0.05) is 10.9 Å². The largest absolute Gasteiger partial charge is 0.454 e. The van der Waals surface area contributed by atoms with Gasteiger partial charge in [0.05, 0.1) is 5.52 Å². The molecule has 7 nitrogen and oxygen atoms in total. The SMILES string of the molecule is c1ccc2c(-c3nc(-c4ccc5c(c4)OCO5)no3)n[nH]c2c1. The van der Waals surface area contributed by atoms with Gasteiger partial charge in [-0.2, -0.15) is 10.1 Å². The molecule has 2 aromatic heterocycles. The maximum absolute atomic E-state index is 5.38. The number of H-pyrrole nitrogens is 1. The van der Waals surface area contributed by atoms with Gasteiger partial charge in [-0.15, -0.1) is 0 Å². The molecule has 7 heteroatoms. The molecule has 0 spiro atoms. The van der Waals surface area contributed by atoms with Gasteiger partial charge in [-0.25, -0.2) is 0 Å². The lowest BCUT2D eigenvalue weighted by Crippen LogP contribution is -1.92. The van der Waals surface area contributed by atoms with Crippen LogP contribution in [-0.2, 0) is 0 Å². The number of benzene rings is 2. The summed E-state index contributed by atoms with van der Waals surface area (Å²) in [4.78, 5) is 4.44. The van der Waals surface area contributed by atoms with Crippen LogP contribution in [0.25, 0.3) is 33.9 Å². The highest BCUT2D eigenvalue weighted by Crippen LogP contribution is 2.35. The molecule has 0 unspecified atom stereocenters. The number of aromatic nitrogens is 4. The maximum Gasteiger partial charge on any atom is 0.279 e. The lowest BCUT2D eigenvalue weighted by molar-refractivity contribution is 0.174. The van der Waals surface area contributed by atoms with Gasteiger partial charge in [0.25, 0.3) is 5.89 Å². The summed E-state index contributed by atoms with van der Waals surface area (Å²) in [7, 11) is 0. The van der Waals surface area contributed by atoms with Crippen molar-refractivity contribution in [3.05, 3.63) is 42.5 Å². The molecule has 0 amide bonds. The fraction of sp³-hybridized carbons (Fsp3) is 0.0625. The molecule has 0 aliphatic carbocycles. The molecule has 0 saturated heterocycles. The first kappa shape index (κ1) is 12.2. The molecular formula is C16H10N4O3. The normalized spacial score (nSPS) is 12.9. The summed E-state index contributed by atoms with van der Waals surface area (Å²) in [6.45, 7) is 0.232. The second kappa shape index (κ2) is 4.57. The molecule has 1 aliphatic rings. The molecule has 0 bridgehead atoms. The van der Waals surface area contributed by atoms with E-state index >= 15 is 0 Å². The van der Waals surface area contributed by atoms with E-state index in [1.54, 1.807) is 0 Å². The van der Waals surface area contributed by atoms with E-state index in [9.17, 15) is 0 Å². The minimum atomic E-state index is 0.232. The van der Waals surface area contributed by atoms with Crippen LogP contribution in [0.4, 0.5) is 0 Å². The Balaban J connectivity index is 1.58. The Hall–Kier alpha value is -3.35. The van der Waals surface area contributed by atoms with Crippen LogP contribution in [0.3, 0.4) is 0 Å². The van der Waals surface area contributed by atoms with E-state index in [1.165, 1.54) is 0 Å². The number of rotatable bonds is 2. The van der Waals surface area contributed by atoms with Crippen LogP contribution in [0.15, 0.2) is 47.0 Å². The van der Waals surface area contributed by atoms with Crippen LogP contribution in [0, 0.1) is 0 Å². The molecule has 1 N–H and O–H groups in total. The van der Waals surface area contributed by atoms with Crippen molar-refractivity contribution in [2.75, 3.05) is 6.79 Å². The summed E-state index contributed by atoms with van der Waals surface area (Å²) in [5.41, 5.74) is 2.36. The molecule has 0 radical (unpaired) electrons. The van der Waals surface area contributed by atoms with Crippen molar-refractivity contribution in [3.63, 3.8) is 0 Å². The second-order valence-corrected chi connectivity index (χ2v) is 5.11. The first-order valence-electron chi connectivity index (χ1n) is 7.06. The molecule has 2 aromatic carbocycles. The Kier molecular flexibility index (Phi) is 2.43. The number of para-hydroxylation sites is 1. The van der Waals surface area contributed by atoms with Crippen molar-refractivity contribution < 1.29 is 14.0 Å². The Labute approximate surface area is 129 Å². The zero-order valence-electron chi connectivity index (χ0n) is 11.8. The summed E-state index contributed by atoms with van der Waals surface area (Å²) in [5.74, 6) is 2.25. The van der Waals surface area contributed by atoms with Gasteiger partial charge in [0.1, 0.15) is 0 Å². The van der Waals surface area contributed by atoms with Gasteiger partial charge in [0.15, 0.2) is 17.2 Å². The molecule has 5 rings (SSSR count). The number of hydrogen-bond acceptors (Lipinski definition) is 6. The molecule has 4 aromatic rings. The first-order valence-corrected chi connectivity index (χ1v) is 7.06. The third-order valence-corrected chi connectivity index (χ3v) is 3.73. The number of hydrogen-bond donors (Lipinski definition) is 1. The average Bonchev–Trinajstić information content (AvgIpc) is 3.32. The summed E-state index contributed by atoms with van der Waals surface area (Å²) in [6.07, 6.45) is 0. The third kappa shape index (κ3) is 1.87. The Morgan fingerprint density at radius 1 is 1.00 bits per heavy atom. The predicted molar refractivity (Wildman–Crippen MR) is 80.9 cm³/mol. The van der Waals surface area contributed by atoms with Crippen molar-refractivity contribution in [1.82, 2.24) is 20.3 Å². The standard InChI is InChI=1S/C16H10N4O3/c1-2-4-11-10(3-1)14(19-18-11)16-17-15(20-23-16)9-5-6-12-13(7-9)22-8-21-12/h1-7H,8H2,(H,18,19). The highest BCUT2D eigenvalue weighted by atomic mass is 16.7. The quantitative estimate of drug-likeness (QED) is 0.612. The topological polar surface area (TPSA) is 86.1 Å². The van der Waals surface area contributed by atoms with Crippen LogP contribution in [0.5, 0.6) is 11.5 Å². The fourth-order valence-corrected chi connectivity index (χ4v) is 2.60. The van der Waals surface area contributed by atoms with Crippen molar-refractivity contribution >= 4 is 10.9 Å². The van der Waals surface area contributed by atoms with Gasteiger partial charge >= 0.3 is 0 Å². The van der Waals surface area contributed by atoms with Crippen molar-refractivity contribution in [3.8, 4) is 34.5 Å². The van der Waals surface area contributed by atoms with E-state index in [0.717, 1.165) is 22.2 Å². The molecule has 0 atom stereocenters. The maximum atomic E-state index is 5.38. The summed E-state index contributed by atoms with van der Waals surface area (Å²) >= 11 is 0. The summed E-state index contributed by atoms with van der Waals surface area (Å²) in [6, 6.07) is 13.3. The lowest BCUT2D eigenvalue weighted by atomic mass is 10.2. The molecular weight excluding hydrogens is 296 g/mol.